The number of halogens is 2. The molecule has 0 saturated carbocycles. The number of aromatic nitrogens is 2. The van der Waals surface area contributed by atoms with Crippen molar-refractivity contribution in [2.75, 3.05) is 13.1 Å². The Morgan fingerprint density at radius 2 is 2.27 bits per heavy atom. The second kappa shape index (κ2) is 6.48. The Balaban J connectivity index is 1.59. The molecule has 0 radical (unpaired) electrons. The predicted octanol–water partition coefficient (Wildman–Crippen LogP) is 2.55. The number of benzene rings is 1. The maximum atomic E-state index is 13.9. The van der Waals surface area contributed by atoms with Crippen LogP contribution >= 0.6 is 15.9 Å². The van der Waals surface area contributed by atoms with E-state index in [-0.39, 0.29) is 11.8 Å². The summed E-state index contributed by atoms with van der Waals surface area (Å²) < 4.78 is 16.6. The van der Waals surface area contributed by atoms with Crippen LogP contribution in [-0.2, 0) is 19.5 Å². The molecule has 0 fully saturated rings. The molecule has 0 unspecified atom stereocenters. The Labute approximate surface area is 136 Å². The van der Waals surface area contributed by atoms with E-state index in [1.54, 1.807) is 21.8 Å². The number of nitrogens with one attached hydrogen (secondary N) is 1. The molecule has 2 aromatic rings. The fraction of sp³-hybridized carbons (Fsp3) is 0.333. The zero-order valence-corrected chi connectivity index (χ0v) is 13.5. The molecule has 2 heterocycles. The van der Waals surface area contributed by atoms with Gasteiger partial charge in [0.05, 0.1) is 13.1 Å². The molecule has 0 bridgehead atoms. The van der Waals surface area contributed by atoms with E-state index in [0.717, 1.165) is 10.0 Å². The van der Waals surface area contributed by atoms with E-state index < -0.39 is 0 Å². The van der Waals surface area contributed by atoms with Crippen LogP contribution in [0.1, 0.15) is 11.1 Å². The topological polar surface area (TPSA) is 50.2 Å². The van der Waals surface area contributed by atoms with Crippen molar-refractivity contribution in [1.82, 2.24) is 20.0 Å². The molecule has 5 nitrogen and oxygen atoms in total. The van der Waals surface area contributed by atoms with E-state index in [9.17, 15) is 9.18 Å². The summed E-state index contributed by atoms with van der Waals surface area (Å²) in [5.74, 6) is -0.257. The first-order valence-corrected chi connectivity index (χ1v) is 7.90. The van der Waals surface area contributed by atoms with Gasteiger partial charge in [-0.1, -0.05) is 15.9 Å². The summed E-state index contributed by atoms with van der Waals surface area (Å²) in [5.41, 5.74) is 1.56. The highest BCUT2D eigenvalue weighted by Crippen LogP contribution is 2.28. The smallest absolute Gasteiger partial charge is 0.317 e. The van der Waals surface area contributed by atoms with Crippen LogP contribution in [-0.4, -0.2) is 33.8 Å². The fourth-order valence-corrected chi connectivity index (χ4v) is 3.16. The van der Waals surface area contributed by atoms with Crippen molar-refractivity contribution in [3.05, 3.63) is 52.0 Å². The molecule has 1 N–H and O–H groups in total. The highest BCUT2D eigenvalue weighted by atomic mass is 79.9. The maximum Gasteiger partial charge on any atom is 0.317 e. The van der Waals surface area contributed by atoms with Crippen LogP contribution in [0, 0.1) is 5.82 Å². The second-order valence-corrected chi connectivity index (χ2v) is 6.01. The Bertz CT molecular complexity index is 674. The van der Waals surface area contributed by atoms with E-state index in [0.29, 0.717) is 38.2 Å². The molecular weight excluding hydrogens is 351 g/mol. The van der Waals surface area contributed by atoms with E-state index in [1.807, 2.05) is 12.3 Å². The summed E-state index contributed by atoms with van der Waals surface area (Å²) >= 11 is 3.44. The average molecular weight is 367 g/mol. The Morgan fingerprint density at radius 3 is 3.05 bits per heavy atom. The zero-order valence-electron chi connectivity index (χ0n) is 11.9. The van der Waals surface area contributed by atoms with Crippen molar-refractivity contribution in [1.29, 1.82) is 0 Å². The van der Waals surface area contributed by atoms with Crippen molar-refractivity contribution in [3.63, 3.8) is 0 Å². The number of carbonyl (C=O) groups excluding carboxylic acids is 1. The van der Waals surface area contributed by atoms with E-state index >= 15 is 0 Å². The first-order chi connectivity index (χ1) is 10.6. The summed E-state index contributed by atoms with van der Waals surface area (Å²) in [4.78, 5) is 13.8. The average Bonchev–Trinajstić information content (AvgIpc) is 3.04. The summed E-state index contributed by atoms with van der Waals surface area (Å²) in [6.45, 7) is 1.99. The van der Waals surface area contributed by atoms with Crippen LogP contribution in [0.4, 0.5) is 9.18 Å². The minimum atomic E-state index is -0.257. The molecule has 1 aromatic carbocycles. The summed E-state index contributed by atoms with van der Waals surface area (Å²) in [6.07, 6.45) is 4.19. The quantitative estimate of drug-likeness (QED) is 0.907. The molecule has 1 aromatic heterocycles. The summed E-state index contributed by atoms with van der Waals surface area (Å²) in [7, 11) is 0. The lowest BCUT2D eigenvalue weighted by Crippen LogP contribution is -2.44. The Hall–Kier alpha value is -1.89. The maximum absolute atomic E-state index is 13.9. The largest absolute Gasteiger partial charge is 0.336 e. The van der Waals surface area contributed by atoms with Gasteiger partial charge in [0.1, 0.15) is 5.82 Å². The van der Waals surface area contributed by atoms with Gasteiger partial charge in [0.2, 0.25) is 0 Å². The van der Waals surface area contributed by atoms with E-state index in [1.165, 1.54) is 6.07 Å². The van der Waals surface area contributed by atoms with Crippen LogP contribution in [0.25, 0.3) is 0 Å². The number of amides is 2. The van der Waals surface area contributed by atoms with Crippen LogP contribution in [0.5, 0.6) is 0 Å². The molecule has 2 amide bonds. The SMILES string of the molecule is O=C(NCCn1cccn1)N1CCc2c(Br)ccc(F)c2C1. The van der Waals surface area contributed by atoms with Gasteiger partial charge in [-0.25, -0.2) is 9.18 Å². The Morgan fingerprint density at radius 1 is 1.41 bits per heavy atom. The van der Waals surface area contributed by atoms with E-state index in [2.05, 4.69) is 26.3 Å². The lowest BCUT2D eigenvalue weighted by atomic mass is 9.99. The van der Waals surface area contributed by atoms with Crippen molar-refractivity contribution < 1.29 is 9.18 Å². The molecule has 0 atom stereocenters. The molecule has 7 heteroatoms. The number of fused-ring (bicyclic) bond motifs is 1. The predicted molar refractivity (Wildman–Crippen MR) is 83.8 cm³/mol. The third-order valence-electron chi connectivity index (χ3n) is 3.76. The third kappa shape index (κ3) is 3.14. The third-order valence-corrected chi connectivity index (χ3v) is 4.50. The highest BCUT2D eigenvalue weighted by Gasteiger charge is 2.24. The highest BCUT2D eigenvalue weighted by molar-refractivity contribution is 9.10. The lowest BCUT2D eigenvalue weighted by Gasteiger charge is -2.29. The first kappa shape index (κ1) is 15.0. The molecule has 1 aliphatic rings. The molecule has 22 heavy (non-hydrogen) atoms. The van der Waals surface area contributed by atoms with Gasteiger partial charge in [0.25, 0.3) is 0 Å². The van der Waals surface area contributed by atoms with Gasteiger partial charge < -0.3 is 10.2 Å². The van der Waals surface area contributed by atoms with Gasteiger partial charge in [-0.05, 0) is 30.2 Å². The lowest BCUT2D eigenvalue weighted by molar-refractivity contribution is 0.191. The van der Waals surface area contributed by atoms with Gasteiger partial charge in [-0.15, -0.1) is 0 Å². The van der Waals surface area contributed by atoms with E-state index in [4.69, 9.17) is 0 Å². The zero-order chi connectivity index (χ0) is 15.5. The molecule has 116 valence electrons. The second-order valence-electron chi connectivity index (χ2n) is 5.16. The van der Waals surface area contributed by atoms with Crippen LogP contribution in [0.15, 0.2) is 35.1 Å². The van der Waals surface area contributed by atoms with Crippen molar-refractivity contribution in [2.45, 2.75) is 19.5 Å². The number of hydrogen-bond acceptors (Lipinski definition) is 2. The Kier molecular flexibility index (Phi) is 4.42. The minimum Gasteiger partial charge on any atom is -0.336 e. The molecule has 3 rings (SSSR count). The van der Waals surface area contributed by atoms with Crippen molar-refractivity contribution >= 4 is 22.0 Å². The molecule has 0 saturated heterocycles. The molecule has 0 spiro atoms. The van der Waals surface area contributed by atoms with Gasteiger partial charge in [0, 0.05) is 35.5 Å². The van der Waals surface area contributed by atoms with Gasteiger partial charge >= 0.3 is 6.03 Å². The van der Waals surface area contributed by atoms with Crippen LogP contribution in [0.3, 0.4) is 0 Å². The van der Waals surface area contributed by atoms with Gasteiger partial charge in [-0.3, -0.25) is 4.68 Å². The number of nitrogens with zero attached hydrogens (tertiary/aromatic N) is 3. The standard InChI is InChI=1S/C15H16BrFN4O/c16-13-2-3-14(17)12-10-20(8-4-11(12)13)15(22)18-6-9-21-7-1-5-19-21/h1-3,5,7H,4,6,8-10H2,(H,18,22). The minimum absolute atomic E-state index is 0.169. The normalized spacial score (nSPS) is 13.8. The molecular formula is C15H16BrFN4O. The first-order valence-electron chi connectivity index (χ1n) is 7.11. The number of urea groups is 1. The van der Waals surface area contributed by atoms with Crippen molar-refractivity contribution in [3.8, 4) is 0 Å². The summed E-state index contributed by atoms with van der Waals surface area (Å²) in [6, 6.07) is 4.82. The molecule has 0 aliphatic carbocycles. The van der Waals surface area contributed by atoms with Crippen LogP contribution < -0.4 is 5.32 Å². The molecule has 1 aliphatic heterocycles. The number of carbonyl (C=O) groups is 1. The number of hydrogen-bond donors (Lipinski definition) is 1. The van der Waals surface area contributed by atoms with Gasteiger partial charge in [-0.2, -0.15) is 5.10 Å². The van der Waals surface area contributed by atoms with Gasteiger partial charge in [0.15, 0.2) is 0 Å². The summed E-state index contributed by atoms with van der Waals surface area (Å²) in [5, 5.41) is 6.92. The van der Waals surface area contributed by atoms with Crippen molar-refractivity contribution in [2.24, 2.45) is 0 Å². The van der Waals surface area contributed by atoms with Crippen LogP contribution in [0.2, 0.25) is 0 Å². The monoisotopic (exact) mass is 366 g/mol. The fourth-order valence-electron chi connectivity index (χ4n) is 2.59. The number of rotatable bonds is 3.